The number of para-hydroxylation sites is 1. The van der Waals surface area contributed by atoms with Crippen LogP contribution in [-0.4, -0.2) is 64.2 Å². The van der Waals surface area contributed by atoms with Crippen molar-refractivity contribution >= 4 is 17.2 Å². The van der Waals surface area contributed by atoms with E-state index in [2.05, 4.69) is 22.0 Å². The average Bonchev–Trinajstić information content (AvgIpc) is 3.42. The monoisotopic (exact) mass is 381 g/mol. The number of rotatable bonds is 5. The highest BCUT2D eigenvalue weighted by Gasteiger charge is 2.24. The molecule has 1 amide bonds. The quantitative estimate of drug-likeness (QED) is 0.682. The fourth-order valence-electron chi connectivity index (χ4n) is 3.50. The van der Waals surface area contributed by atoms with Gasteiger partial charge in [-0.3, -0.25) is 4.79 Å². The van der Waals surface area contributed by atoms with Crippen LogP contribution in [0.3, 0.4) is 0 Å². The van der Waals surface area contributed by atoms with Gasteiger partial charge in [-0.05, 0) is 38.1 Å². The van der Waals surface area contributed by atoms with E-state index < -0.39 is 0 Å². The van der Waals surface area contributed by atoms with E-state index >= 15 is 0 Å². The largest absolute Gasteiger partial charge is 0.340 e. The third-order valence-electron chi connectivity index (χ3n) is 4.94. The molecular formula is C20H23N5OS. The summed E-state index contributed by atoms with van der Waals surface area (Å²) in [4.78, 5) is 21.4. The van der Waals surface area contributed by atoms with Gasteiger partial charge in [-0.25, -0.2) is 9.67 Å². The lowest BCUT2D eigenvalue weighted by atomic mass is 10.1. The number of likely N-dealkylation sites (tertiary alicyclic amines) is 1. The molecule has 0 N–H and O–H groups in total. The molecule has 1 unspecified atom stereocenters. The summed E-state index contributed by atoms with van der Waals surface area (Å²) in [7, 11) is 4.00. The first-order valence-electron chi connectivity index (χ1n) is 9.10. The molecule has 0 radical (unpaired) electrons. The second-order valence-corrected chi connectivity index (χ2v) is 8.01. The normalized spacial score (nSPS) is 17.3. The number of amides is 1. The maximum Gasteiger partial charge on any atom is 0.273 e. The van der Waals surface area contributed by atoms with Crippen molar-refractivity contribution in [1.82, 2.24) is 24.6 Å². The molecule has 3 heterocycles. The van der Waals surface area contributed by atoms with Crippen LogP contribution >= 0.6 is 11.3 Å². The number of hydrogen-bond acceptors (Lipinski definition) is 5. The predicted octanol–water partition coefficient (Wildman–Crippen LogP) is 3.02. The van der Waals surface area contributed by atoms with E-state index in [1.807, 2.05) is 53.6 Å². The Labute approximate surface area is 163 Å². The van der Waals surface area contributed by atoms with Crippen molar-refractivity contribution in [3.63, 3.8) is 0 Å². The van der Waals surface area contributed by atoms with Crippen molar-refractivity contribution in [3.8, 4) is 16.3 Å². The van der Waals surface area contributed by atoms with Gasteiger partial charge < -0.3 is 9.80 Å². The van der Waals surface area contributed by atoms with Gasteiger partial charge in [-0.15, -0.1) is 11.3 Å². The summed E-state index contributed by atoms with van der Waals surface area (Å²) in [5.74, 6) is 0.536. The highest BCUT2D eigenvalue weighted by atomic mass is 32.1. The summed E-state index contributed by atoms with van der Waals surface area (Å²) in [6, 6.07) is 9.95. The standard InChI is InChI=1S/C20H23N5OS/c1-23-9-8-15(11-23)12-24(2)20(26)18-14-27-19(22-18)16-10-21-25(13-16)17-6-4-3-5-7-17/h3-7,10,13-15H,8-9,11-12H2,1-2H3. The number of nitrogens with zero attached hydrogens (tertiary/aromatic N) is 5. The molecule has 7 heteroatoms. The molecule has 1 saturated heterocycles. The molecule has 1 aromatic carbocycles. The van der Waals surface area contributed by atoms with Gasteiger partial charge >= 0.3 is 0 Å². The van der Waals surface area contributed by atoms with Gasteiger partial charge in [-0.2, -0.15) is 5.10 Å². The number of thiazole rings is 1. The highest BCUT2D eigenvalue weighted by molar-refractivity contribution is 7.13. The van der Waals surface area contributed by atoms with E-state index in [1.165, 1.54) is 11.3 Å². The first-order chi connectivity index (χ1) is 13.1. The number of carbonyl (C=O) groups excluding carboxylic acids is 1. The molecular weight excluding hydrogens is 358 g/mol. The lowest BCUT2D eigenvalue weighted by molar-refractivity contribution is 0.0769. The highest BCUT2D eigenvalue weighted by Crippen LogP contribution is 2.25. The predicted molar refractivity (Wildman–Crippen MR) is 107 cm³/mol. The fraction of sp³-hybridized carbons (Fsp3) is 0.350. The Hall–Kier alpha value is -2.51. The lowest BCUT2D eigenvalue weighted by Crippen LogP contribution is -2.33. The average molecular weight is 382 g/mol. The van der Waals surface area contributed by atoms with E-state index in [0.717, 1.165) is 42.3 Å². The molecule has 27 heavy (non-hydrogen) atoms. The Morgan fingerprint density at radius 1 is 1.33 bits per heavy atom. The van der Waals surface area contributed by atoms with Crippen molar-refractivity contribution in [2.75, 3.05) is 33.7 Å². The van der Waals surface area contributed by atoms with Crippen LogP contribution in [0.5, 0.6) is 0 Å². The topological polar surface area (TPSA) is 54.3 Å². The van der Waals surface area contributed by atoms with Crippen molar-refractivity contribution in [2.45, 2.75) is 6.42 Å². The summed E-state index contributed by atoms with van der Waals surface area (Å²) in [6.45, 7) is 2.94. The first kappa shape index (κ1) is 17.9. The molecule has 1 fully saturated rings. The van der Waals surface area contributed by atoms with E-state index in [-0.39, 0.29) is 5.91 Å². The molecule has 0 saturated carbocycles. The van der Waals surface area contributed by atoms with E-state index in [4.69, 9.17) is 0 Å². The number of carbonyl (C=O) groups is 1. The maximum absolute atomic E-state index is 12.7. The van der Waals surface area contributed by atoms with E-state index in [9.17, 15) is 4.79 Å². The van der Waals surface area contributed by atoms with Crippen molar-refractivity contribution in [1.29, 1.82) is 0 Å². The molecule has 4 rings (SSSR count). The van der Waals surface area contributed by atoms with Crippen LogP contribution in [0.15, 0.2) is 48.1 Å². The zero-order chi connectivity index (χ0) is 18.8. The third kappa shape index (κ3) is 3.94. The second kappa shape index (κ2) is 7.62. The van der Waals surface area contributed by atoms with Gasteiger partial charge in [0.2, 0.25) is 0 Å². The summed E-state index contributed by atoms with van der Waals surface area (Å²) >= 11 is 1.48. The van der Waals surface area contributed by atoms with Crippen LogP contribution in [0.1, 0.15) is 16.9 Å². The van der Waals surface area contributed by atoms with Crippen molar-refractivity contribution in [2.24, 2.45) is 5.92 Å². The van der Waals surface area contributed by atoms with Gasteiger partial charge in [-0.1, -0.05) is 18.2 Å². The van der Waals surface area contributed by atoms with Crippen LogP contribution < -0.4 is 0 Å². The minimum absolute atomic E-state index is 0.0116. The molecule has 2 aromatic heterocycles. The zero-order valence-corrected chi connectivity index (χ0v) is 16.4. The maximum atomic E-state index is 12.7. The molecule has 0 bridgehead atoms. The van der Waals surface area contributed by atoms with Gasteiger partial charge in [0.05, 0.1) is 11.9 Å². The summed E-state index contributed by atoms with van der Waals surface area (Å²) in [5.41, 5.74) is 2.43. The number of hydrogen-bond donors (Lipinski definition) is 0. The second-order valence-electron chi connectivity index (χ2n) is 7.15. The van der Waals surface area contributed by atoms with E-state index in [1.54, 1.807) is 11.1 Å². The van der Waals surface area contributed by atoms with Crippen LogP contribution in [0, 0.1) is 5.92 Å². The Kier molecular flexibility index (Phi) is 5.05. The van der Waals surface area contributed by atoms with Crippen LogP contribution in [0.25, 0.3) is 16.3 Å². The molecule has 140 valence electrons. The Morgan fingerprint density at radius 2 is 2.15 bits per heavy atom. The number of benzene rings is 1. The Morgan fingerprint density at radius 3 is 2.89 bits per heavy atom. The van der Waals surface area contributed by atoms with Crippen LogP contribution in [0.4, 0.5) is 0 Å². The molecule has 1 aliphatic heterocycles. The smallest absolute Gasteiger partial charge is 0.273 e. The van der Waals surface area contributed by atoms with Gasteiger partial charge in [0, 0.05) is 37.3 Å². The molecule has 0 spiro atoms. The van der Waals surface area contributed by atoms with Crippen molar-refractivity contribution in [3.05, 3.63) is 53.8 Å². The lowest BCUT2D eigenvalue weighted by Gasteiger charge is -2.20. The molecule has 1 atom stereocenters. The minimum atomic E-state index is -0.0116. The van der Waals surface area contributed by atoms with Gasteiger partial charge in [0.15, 0.2) is 0 Å². The van der Waals surface area contributed by atoms with Gasteiger partial charge in [0.1, 0.15) is 10.7 Å². The molecule has 3 aromatic rings. The third-order valence-corrected chi connectivity index (χ3v) is 5.83. The summed E-state index contributed by atoms with van der Waals surface area (Å²) < 4.78 is 1.82. The zero-order valence-electron chi connectivity index (χ0n) is 15.6. The first-order valence-corrected chi connectivity index (χ1v) is 9.98. The van der Waals surface area contributed by atoms with Gasteiger partial charge in [0.25, 0.3) is 5.91 Å². The Balaban J connectivity index is 1.45. The molecule has 0 aliphatic carbocycles. The molecule has 1 aliphatic rings. The Bertz CT molecular complexity index is 919. The fourth-order valence-corrected chi connectivity index (χ4v) is 4.27. The van der Waals surface area contributed by atoms with Crippen LogP contribution in [-0.2, 0) is 0 Å². The SMILES string of the molecule is CN1CCC(CN(C)C(=O)c2csc(-c3cnn(-c4ccccc4)c3)n2)C1. The van der Waals surface area contributed by atoms with Crippen LogP contribution in [0.2, 0.25) is 0 Å². The van der Waals surface area contributed by atoms with E-state index in [0.29, 0.717) is 11.6 Å². The van der Waals surface area contributed by atoms with Crippen molar-refractivity contribution < 1.29 is 4.79 Å². The summed E-state index contributed by atoms with van der Waals surface area (Å²) in [5, 5.41) is 7.07. The number of aromatic nitrogens is 3. The minimum Gasteiger partial charge on any atom is -0.340 e. The summed E-state index contributed by atoms with van der Waals surface area (Å²) in [6.07, 6.45) is 4.88. The molecule has 6 nitrogen and oxygen atoms in total.